The van der Waals surface area contributed by atoms with Crippen LogP contribution in [-0.4, -0.2) is 31.1 Å². The number of carboxylic acid groups (broad SMARTS) is 1. The highest BCUT2D eigenvalue weighted by Crippen LogP contribution is 2.41. The number of sulfonamides is 1. The number of pyridine rings is 1. The summed E-state index contributed by atoms with van der Waals surface area (Å²) in [6, 6.07) is 13.4. The largest absolute Gasteiger partial charge is 0.481 e. The lowest BCUT2D eigenvalue weighted by Crippen LogP contribution is -2.32. The van der Waals surface area contributed by atoms with E-state index in [-0.39, 0.29) is 17.2 Å². The van der Waals surface area contributed by atoms with E-state index in [0.29, 0.717) is 34.6 Å². The highest BCUT2D eigenvalue weighted by molar-refractivity contribution is 7.89. The van der Waals surface area contributed by atoms with Crippen molar-refractivity contribution in [1.29, 1.82) is 0 Å². The lowest BCUT2D eigenvalue weighted by molar-refractivity contribution is -0.143. The van der Waals surface area contributed by atoms with Crippen LogP contribution in [0.15, 0.2) is 59.5 Å². The fraction of sp³-hybridized carbons (Fsp3) is 0.308. The molecule has 0 bridgehead atoms. The van der Waals surface area contributed by atoms with Crippen molar-refractivity contribution in [2.75, 3.05) is 6.61 Å². The maximum absolute atomic E-state index is 13.6. The lowest BCUT2D eigenvalue weighted by Gasteiger charge is -2.27. The highest BCUT2D eigenvalue weighted by Gasteiger charge is 2.38. The maximum Gasteiger partial charge on any atom is 0.314 e. The normalized spacial score (nSPS) is 13.3. The molecule has 0 saturated carbocycles. The van der Waals surface area contributed by atoms with E-state index >= 15 is 0 Å². The Morgan fingerprint density at radius 3 is 2.20 bits per heavy atom. The van der Waals surface area contributed by atoms with Gasteiger partial charge in [0.25, 0.3) is 0 Å². The Kier molecular flexibility index (Phi) is 7.92. The third-order valence-corrected chi connectivity index (χ3v) is 7.04. The van der Waals surface area contributed by atoms with Crippen molar-refractivity contribution in [2.24, 2.45) is 5.14 Å². The second-order valence-corrected chi connectivity index (χ2v) is 10.1. The fourth-order valence-corrected chi connectivity index (χ4v) is 4.16. The standard InChI is InChI=1S/C26H29FN2O5S/c1-4-6-15-34-24-22(26(3,5-2)25(30)31)16-21(17-9-13-20(14-10-17)35(28,32)33)23(29-24)18-7-11-19(27)12-8-18/h7-14,16H,4-6,15H2,1-3H3,(H,30,31)(H2,28,32,33). The van der Waals surface area contributed by atoms with Crippen molar-refractivity contribution < 1.29 is 27.4 Å². The Balaban J connectivity index is 2.32. The number of benzene rings is 2. The smallest absolute Gasteiger partial charge is 0.314 e. The van der Waals surface area contributed by atoms with E-state index in [9.17, 15) is 22.7 Å². The Hall–Kier alpha value is -3.30. The van der Waals surface area contributed by atoms with Crippen LogP contribution >= 0.6 is 0 Å². The molecule has 0 aliphatic heterocycles. The average Bonchev–Trinajstić information content (AvgIpc) is 2.83. The van der Waals surface area contributed by atoms with Crippen LogP contribution in [0.25, 0.3) is 22.4 Å². The first kappa shape index (κ1) is 26.3. The molecule has 0 spiro atoms. The number of carboxylic acids is 1. The minimum Gasteiger partial charge on any atom is -0.481 e. The molecule has 3 aromatic rings. The number of halogens is 1. The first-order chi connectivity index (χ1) is 16.5. The molecule has 9 heteroatoms. The van der Waals surface area contributed by atoms with Gasteiger partial charge in [0, 0.05) is 16.7 Å². The van der Waals surface area contributed by atoms with Gasteiger partial charge in [0.1, 0.15) is 5.82 Å². The Bertz CT molecular complexity index is 1310. The van der Waals surface area contributed by atoms with Crippen LogP contribution in [-0.2, 0) is 20.2 Å². The summed E-state index contributed by atoms with van der Waals surface area (Å²) in [5.41, 5.74) is 1.31. The van der Waals surface area contributed by atoms with Gasteiger partial charge in [0.15, 0.2) is 0 Å². The molecular formula is C26H29FN2O5S. The summed E-state index contributed by atoms with van der Waals surface area (Å²) in [4.78, 5) is 17.0. The number of hydrogen-bond donors (Lipinski definition) is 2. The molecule has 35 heavy (non-hydrogen) atoms. The van der Waals surface area contributed by atoms with Gasteiger partial charge in [-0.05, 0) is 67.8 Å². The zero-order valence-corrected chi connectivity index (χ0v) is 20.7. The van der Waals surface area contributed by atoms with E-state index in [1.807, 2.05) is 6.92 Å². The molecule has 1 aromatic heterocycles. The fourth-order valence-electron chi connectivity index (χ4n) is 3.64. The summed E-state index contributed by atoms with van der Waals surface area (Å²) in [6.07, 6.45) is 1.94. The van der Waals surface area contributed by atoms with E-state index in [0.717, 1.165) is 12.8 Å². The van der Waals surface area contributed by atoms with Gasteiger partial charge in [0.2, 0.25) is 15.9 Å². The van der Waals surface area contributed by atoms with Crippen molar-refractivity contribution >= 4 is 16.0 Å². The van der Waals surface area contributed by atoms with Crippen LogP contribution in [0, 0.1) is 5.82 Å². The topological polar surface area (TPSA) is 120 Å². The molecular weight excluding hydrogens is 471 g/mol. The Labute approximate surface area is 204 Å². The summed E-state index contributed by atoms with van der Waals surface area (Å²) in [5.74, 6) is -1.23. The van der Waals surface area contributed by atoms with Crippen molar-refractivity contribution in [2.45, 2.75) is 50.3 Å². The monoisotopic (exact) mass is 500 g/mol. The van der Waals surface area contributed by atoms with Crippen molar-refractivity contribution in [3.8, 4) is 28.3 Å². The molecule has 0 aliphatic rings. The van der Waals surface area contributed by atoms with Crippen LogP contribution in [0.2, 0.25) is 0 Å². The molecule has 3 N–H and O–H groups in total. The number of carbonyl (C=O) groups is 1. The van der Waals surface area contributed by atoms with Gasteiger partial charge < -0.3 is 9.84 Å². The van der Waals surface area contributed by atoms with E-state index in [4.69, 9.17) is 14.9 Å². The van der Waals surface area contributed by atoms with Gasteiger partial charge in [0.05, 0.1) is 22.6 Å². The minimum absolute atomic E-state index is 0.0544. The number of nitrogens with zero attached hydrogens (tertiary/aromatic N) is 1. The van der Waals surface area contributed by atoms with Crippen molar-refractivity contribution in [3.63, 3.8) is 0 Å². The van der Waals surface area contributed by atoms with E-state index in [2.05, 4.69) is 0 Å². The summed E-state index contributed by atoms with van der Waals surface area (Å²) in [6.45, 7) is 5.77. The van der Waals surface area contributed by atoms with Crippen molar-refractivity contribution in [3.05, 3.63) is 66.0 Å². The molecule has 1 heterocycles. The molecule has 0 aliphatic carbocycles. The van der Waals surface area contributed by atoms with Gasteiger partial charge >= 0.3 is 5.97 Å². The number of rotatable bonds is 10. The van der Waals surface area contributed by atoms with Crippen molar-refractivity contribution in [1.82, 2.24) is 4.98 Å². The number of ether oxygens (including phenoxy) is 1. The Morgan fingerprint density at radius 1 is 1.09 bits per heavy atom. The number of unbranched alkanes of at least 4 members (excludes halogenated alkanes) is 1. The van der Waals surface area contributed by atoms with E-state index in [1.165, 1.54) is 24.3 Å². The highest BCUT2D eigenvalue weighted by atomic mass is 32.2. The number of aliphatic carboxylic acids is 1. The molecule has 0 saturated heterocycles. The second-order valence-electron chi connectivity index (χ2n) is 8.51. The minimum atomic E-state index is -3.89. The van der Waals surface area contributed by atoms with Crippen LogP contribution < -0.4 is 9.88 Å². The predicted octanol–water partition coefficient (Wildman–Crippen LogP) is 5.13. The summed E-state index contributed by atoms with van der Waals surface area (Å²) in [7, 11) is -3.89. The van der Waals surface area contributed by atoms with Crippen LogP contribution in [0.1, 0.15) is 45.6 Å². The number of aromatic nitrogens is 1. The summed E-state index contributed by atoms with van der Waals surface area (Å²) in [5, 5.41) is 15.3. The third kappa shape index (κ3) is 5.68. The zero-order chi connectivity index (χ0) is 25.8. The first-order valence-electron chi connectivity index (χ1n) is 11.3. The molecule has 1 atom stereocenters. The maximum atomic E-state index is 13.6. The first-order valence-corrected chi connectivity index (χ1v) is 12.9. The summed E-state index contributed by atoms with van der Waals surface area (Å²) >= 11 is 0. The lowest BCUT2D eigenvalue weighted by atomic mass is 9.79. The molecule has 3 rings (SSSR count). The van der Waals surface area contributed by atoms with Crippen LogP contribution in [0.5, 0.6) is 5.88 Å². The summed E-state index contributed by atoms with van der Waals surface area (Å²) < 4.78 is 43.1. The predicted molar refractivity (Wildman–Crippen MR) is 132 cm³/mol. The molecule has 1 unspecified atom stereocenters. The average molecular weight is 501 g/mol. The molecule has 0 radical (unpaired) electrons. The number of hydrogen-bond acceptors (Lipinski definition) is 5. The molecule has 0 amide bonds. The van der Waals surface area contributed by atoms with Gasteiger partial charge in [-0.3, -0.25) is 4.79 Å². The van der Waals surface area contributed by atoms with Gasteiger partial charge in [-0.15, -0.1) is 0 Å². The number of primary sulfonamides is 1. The SMILES string of the molecule is CCCCOc1nc(-c2ccc(F)cc2)c(-c2ccc(S(N)(=O)=O)cc2)cc1C(C)(CC)C(=O)O. The molecule has 7 nitrogen and oxygen atoms in total. The zero-order valence-electron chi connectivity index (χ0n) is 19.9. The quantitative estimate of drug-likeness (QED) is 0.372. The van der Waals surface area contributed by atoms with Crippen LogP contribution in [0.4, 0.5) is 4.39 Å². The van der Waals surface area contributed by atoms with Gasteiger partial charge in [-0.25, -0.2) is 22.9 Å². The van der Waals surface area contributed by atoms with Gasteiger partial charge in [-0.1, -0.05) is 32.4 Å². The third-order valence-electron chi connectivity index (χ3n) is 6.11. The molecule has 0 fully saturated rings. The van der Waals surface area contributed by atoms with E-state index in [1.54, 1.807) is 44.2 Å². The van der Waals surface area contributed by atoms with Crippen LogP contribution in [0.3, 0.4) is 0 Å². The molecule has 2 aromatic carbocycles. The van der Waals surface area contributed by atoms with Gasteiger partial charge in [-0.2, -0.15) is 0 Å². The number of nitrogens with two attached hydrogens (primary N) is 1. The Morgan fingerprint density at radius 2 is 1.69 bits per heavy atom. The van der Waals surface area contributed by atoms with E-state index < -0.39 is 27.2 Å². The molecule has 186 valence electrons. The second kappa shape index (κ2) is 10.5.